The van der Waals surface area contributed by atoms with Gasteiger partial charge in [-0.1, -0.05) is 24.6 Å². The monoisotopic (exact) mass is 233 g/mol. The summed E-state index contributed by atoms with van der Waals surface area (Å²) in [5.41, 5.74) is 0. The summed E-state index contributed by atoms with van der Waals surface area (Å²) in [6.45, 7) is 1.21. The number of nitrogens with one attached hydrogen (secondary N) is 1. The molecule has 1 N–H and O–H groups in total. The van der Waals surface area contributed by atoms with Gasteiger partial charge in [-0.25, -0.2) is 0 Å². The van der Waals surface area contributed by atoms with E-state index in [2.05, 4.69) is 47.4 Å². The normalized spacial score (nSPS) is 22.8. The number of thioether (sulfide) groups is 1. The summed E-state index contributed by atoms with van der Waals surface area (Å²) >= 11 is 2.07. The van der Waals surface area contributed by atoms with E-state index in [1.165, 1.54) is 43.5 Å². The molecule has 0 atom stereocenters. The number of benzene rings is 1. The van der Waals surface area contributed by atoms with Crippen LogP contribution in [0, 0.1) is 0 Å². The van der Waals surface area contributed by atoms with Crippen LogP contribution in [0.2, 0.25) is 0 Å². The number of hydrogen-bond donors (Lipinski definition) is 1. The lowest BCUT2D eigenvalue weighted by atomic mass is 9.93. The first-order valence-electron chi connectivity index (χ1n) is 6.34. The molecular formula is C14H19NS. The van der Waals surface area contributed by atoms with Crippen molar-refractivity contribution in [1.82, 2.24) is 5.32 Å². The molecule has 86 valence electrons. The Morgan fingerprint density at radius 2 is 1.94 bits per heavy atom. The summed E-state index contributed by atoms with van der Waals surface area (Å²) in [5.74, 6) is 0. The van der Waals surface area contributed by atoms with Crippen molar-refractivity contribution >= 4 is 11.8 Å². The molecule has 0 saturated heterocycles. The fourth-order valence-electron chi connectivity index (χ4n) is 2.14. The van der Waals surface area contributed by atoms with Gasteiger partial charge in [0.2, 0.25) is 0 Å². The zero-order valence-electron chi connectivity index (χ0n) is 9.61. The van der Waals surface area contributed by atoms with Crippen LogP contribution in [0.15, 0.2) is 35.2 Å². The van der Waals surface area contributed by atoms with Crippen LogP contribution in [-0.4, -0.2) is 17.3 Å². The molecule has 1 aromatic carbocycles. The minimum atomic E-state index is 0.525. The topological polar surface area (TPSA) is 12.0 Å². The number of rotatable bonds is 5. The first kappa shape index (κ1) is 10.7. The highest BCUT2D eigenvalue weighted by Crippen LogP contribution is 2.51. The minimum Gasteiger partial charge on any atom is -0.313 e. The maximum atomic E-state index is 3.72. The van der Waals surface area contributed by atoms with E-state index in [9.17, 15) is 0 Å². The molecular weight excluding hydrogens is 214 g/mol. The fourth-order valence-corrected chi connectivity index (χ4v) is 3.39. The van der Waals surface area contributed by atoms with Crippen LogP contribution in [0.25, 0.3) is 0 Å². The van der Waals surface area contributed by atoms with Crippen molar-refractivity contribution in [2.45, 2.75) is 47.8 Å². The van der Waals surface area contributed by atoms with Gasteiger partial charge >= 0.3 is 0 Å². The highest BCUT2D eigenvalue weighted by molar-refractivity contribution is 8.01. The molecule has 1 aromatic rings. The van der Waals surface area contributed by atoms with E-state index in [1.54, 1.807) is 0 Å². The molecule has 0 spiro atoms. The fraction of sp³-hybridized carbons (Fsp3) is 0.571. The van der Waals surface area contributed by atoms with Crippen LogP contribution in [0.3, 0.4) is 0 Å². The van der Waals surface area contributed by atoms with E-state index in [-0.39, 0.29) is 0 Å². The van der Waals surface area contributed by atoms with E-state index in [4.69, 9.17) is 0 Å². The molecule has 0 aliphatic heterocycles. The maximum Gasteiger partial charge on any atom is 0.0332 e. The Bertz CT molecular complexity index is 341. The molecule has 2 heteroatoms. The first-order chi connectivity index (χ1) is 7.86. The van der Waals surface area contributed by atoms with Crippen molar-refractivity contribution in [1.29, 1.82) is 0 Å². The molecule has 2 aliphatic rings. The lowest BCUT2D eigenvalue weighted by molar-refractivity contribution is 0.339. The molecule has 2 saturated carbocycles. The standard InChI is InChI=1S/C14H19NS/c1-2-7-13(8-3-1)16-14(9-10-14)11-15-12-5-4-6-12/h1-3,7-8,12,15H,4-6,9-11H2. The van der Waals surface area contributed by atoms with Crippen molar-refractivity contribution in [3.8, 4) is 0 Å². The molecule has 16 heavy (non-hydrogen) atoms. The molecule has 0 unspecified atom stereocenters. The SMILES string of the molecule is c1ccc(SC2(CNC3CCC3)CC2)cc1. The largest absolute Gasteiger partial charge is 0.313 e. The average Bonchev–Trinajstić information content (AvgIpc) is 2.97. The van der Waals surface area contributed by atoms with E-state index in [0.29, 0.717) is 4.75 Å². The zero-order chi connectivity index (χ0) is 10.8. The quantitative estimate of drug-likeness (QED) is 0.836. The van der Waals surface area contributed by atoms with Gasteiger partial charge in [0.15, 0.2) is 0 Å². The molecule has 0 aromatic heterocycles. The van der Waals surface area contributed by atoms with Crippen molar-refractivity contribution in [2.24, 2.45) is 0 Å². The van der Waals surface area contributed by atoms with E-state index < -0.39 is 0 Å². The van der Waals surface area contributed by atoms with Crippen molar-refractivity contribution < 1.29 is 0 Å². The first-order valence-corrected chi connectivity index (χ1v) is 7.15. The van der Waals surface area contributed by atoms with E-state index >= 15 is 0 Å². The molecule has 0 radical (unpaired) electrons. The summed E-state index contributed by atoms with van der Waals surface area (Å²) in [7, 11) is 0. The Kier molecular flexibility index (Phi) is 2.95. The molecule has 2 fully saturated rings. The van der Waals surface area contributed by atoms with Gasteiger partial charge in [0, 0.05) is 22.2 Å². The molecule has 0 heterocycles. The zero-order valence-corrected chi connectivity index (χ0v) is 10.4. The molecule has 1 nitrogen and oxygen atoms in total. The van der Waals surface area contributed by atoms with Gasteiger partial charge in [-0.3, -0.25) is 0 Å². The van der Waals surface area contributed by atoms with Crippen LogP contribution in [-0.2, 0) is 0 Å². The summed E-state index contributed by atoms with van der Waals surface area (Å²) < 4.78 is 0.525. The lowest BCUT2D eigenvalue weighted by Gasteiger charge is -2.28. The van der Waals surface area contributed by atoms with Gasteiger partial charge in [0.1, 0.15) is 0 Å². The second-order valence-electron chi connectivity index (χ2n) is 5.11. The third kappa shape index (κ3) is 2.44. The summed E-state index contributed by atoms with van der Waals surface area (Å²) in [4.78, 5) is 1.43. The Balaban J connectivity index is 1.53. The van der Waals surface area contributed by atoms with Crippen molar-refractivity contribution in [2.75, 3.05) is 6.54 Å². The van der Waals surface area contributed by atoms with E-state index in [1.807, 2.05) is 0 Å². The lowest BCUT2D eigenvalue weighted by Crippen LogP contribution is -2.39. The van der Waals surface area contributed by atoms with Gasteiger partial charge in [-0.05, 0) is 37.8 Å². The van der Waals surface area contributed by atoms with Crippen molar-refractivity contribution in [3.63, 3.8) is 0 Å². The Morgan fingerprint density at radius 3 is 2.50 bits per heavy atom. The van der Waals surface area contributed by atoms with Gasteiger partial charge < -0.3 is 5.32 Å². The molecule has 2 aliphatic carbocycles. The summed E-state index contributed by atoms with van der Waals surface area (Å²) in [5, 5.41) is 3.72. The van der Waals surface area contributed by atoms with Crippen LogP contribution >= 0.6 is 11.8 Å². The second kappa shape index (κ2) is 4.42. The Hall–Kier alpha value is -0.470. The maximum absolute atomic E-state index is 3.72. The van der Waals surface area contributed by atoms with Crippen LogP contribution in [0.1, 0.15) is 32.1 Å². The summed E-state index contributed by atoms with van der Waals surface area (Å²) in [6.07, 6.45) is 6.98. The second-order valence-corrected chi connectivity index (χ2v) is 6.65. The molecule has 0 bridgehead atoms. The van der Waals surface area contributed by atoms with Crippen molar-refractivity contribution in [3.05, 3.63) is 30.3 Å². The van der Waals surface area contributed by atoms with Gasteiger partial charge in [0.05, 0.1) is 0 Å². The van der Waals surface area contributed by atoms with Crippen LogP contribution < -0.4 is 5.32 Å². The summed E-state index contributed by atoms with van der Waals surface area (Å²) in [6, 6.07) is 11.7. The highest BCUT2D eigenvalue weighted by Gasteiger charge is 2.43. The van der Waals surface area contributed by atoms with Gasteiger partial charge in [0.25, 0.3) is 0 Å². The average molecular weight is 233 g/mol. The number of hydrogen-bond acceptors (Lipinski definition) is 2. The van der Waals surface area contributed by atoms with E-state index in [0.717, 1.165) is 6.04 Å². The van der Waals surface area contributed by atoms with Crippen LogP contribution in [0.5, 0.6) is 0 Å². The van der Waals surface area contributed by atoms with Crippen LogP contribution in [0.4, 0.5) is 0 Å². The minimum absolute atomic E-state index is 0.525. The van der Waals surface area contributed by atoms with Gasteiger partial charge in [-0.15, -0.1) is 11.8 Å². The molecule has 3 rings (SSSR count). The van der Waals surface area contributed by atoms with Gasteiger partial charge in [-0.2, -0.15) is 0 Å². The third-order valence-corrected chi connectivity index (χ3v) is 5.20. The Morgan fingerprint density at radius 1 is 1.19 bits per heavy atom. The Labute approximate surface area is 102 Å². The third-order valence-electron chi connectivity index (χ3n) is 3.70. The highest BCUT2D eigenvalue weighted by atomic mass is 32.2. The smallest absolute Gasteiger partial charge is 0.0332 e. The predicted molar refractivity (Wildman–Crippen MR) is 69.9 cm³/mol. The predicted octanol–water partition coefficient (Wildman–Crippen LogP) is 3.45. The molecule has 0 amide bonds.